The molecule has 0 radical (unpaired) electrons. The van der Waals surface area contributed by atoms with Crippen LogP contribution in [0.25, 0.3) is 6.08 Å². The van der Waals surface area contributed by atoms with E-state index in [0.717, 1.165) is 4.90 Å². The Morgan fingerprint density at radius 2 is 1.76 bits per heavy atom. The van der Waals surface area contributed by atoms with Gasteiger partial charge in [-0.15, -0.1) is 0 Å². The monoisotopic (exact) mass is 581 g/mol. The minimum Gasteiger partial charge on any atom is -0.490 e. The van der Waals surface area contributed by atoms with Crippen LogP contribution in [0.15, 0.2) is 70.5 Å². The van der Waals surface area contributed by atoms with Crippen LogP contribution in [0.1, 0.15) is 18.1 Å². The Morgan fingerprint density at radius 1 is 1.05 bits per heavy atom. The van der Waals surface area contributed by atoms with Crippen LogP contribution in [0.3, 0.4) is 0 Å². The predicted octanol–water partition coefficient (Wildman–Crippen LogP) is 6.54. The van der Waals surface area contributed by atoms with Gasteiger partial charge in [0.2, 0.25) is 5.75 Å². The smallest absolute Gasteiger partial charge is 0.339 e. The number of halogens is 3. The first-order valence-corrected chi connectivity index (χ1v) is 13.7. The average molecular weight is 582 g/mol. The molecule has 1 aliphatic rings. The standard InChI is InChI=1S/C25H18Cl2FNO6S2/c1-2-34-21-12-15(11-19(27)23(21)35-37(32,33)18-9-7-17(26)8-10-18)13-22-24(30)29(25(31)36-22)14-16-5-3-4-6-20(16)28/h3-13H,2,14H2,1H3/b22-13-. The van der Waals surface area contributed by atoms with Crippen LogP contribution in [-0.2, 0) is 21.5 Å². The summed E-state index contributed by atoms with van der Waals surface area (Å²) in [4.78, 5) is 26.2. The van der Waals surface area contributed by atoms with Crippen molar-refractivity contribution in [1.29, 1.82) is 0 Å². The van der Waals surface area contributed by atoms with Gasteiger partial charge < -0.3 is 8.92 Å². The van der Waals surface area contributed by atoms with Crippen LogP contribution in [0.5, 0.6) is 11.5 Å². The van der Waals surface area contributed by atoms with Gasteiger partial charge in [-0.3, -0.25) is 14.5 Å². The summed E-state index contributed by atoms with van der Waals surface area (Å²) < 4.78 is 50.4. The molecular formula is C25H18Cl2FNO6S2. The average Bonchev–Trinajstić information content (AvgIpc) is 3.10. The molecule has 2 amide bonds. The van der Waals surface area contributed by atoms with E-state index in [1.54, 1.807) is 13.0 Å². The zero-order valence-electron chi connectivity index (χ0n) is 19.1. The molecule has 0 bridgehead atoms. The fraction of sp³-hybridized carbons (Fsp3) is 0.120. The third-order valence-corrected chi connectivity index (χ3v) is 7.76. The minimum absolute atomic E-state index is 0.0179. The van der Waals surface area contributed by atoms with Crippen molar-refractivity contribution in [2.45, 2.75) is 18.4 Å². The lowest BCUT2D eigenvalue weighted by molar-refractivity contribution is -0.123. The Bertz CT molecular complexity index is 1510. The van der Waals surface area contributed by atoms with Crippen molar-refractivity contribution >= 4 is 62.3 Å². The SMILES string of the molecule is CCOc1cc(/C=C2\SC(=O)N(Cc3ccccc3F)C2=O)cc(Cl)c1OS(=O)(=O)c1ccc(Cl)cc1. The van der Waals surface area contributed by atoms with Gasteiger partial charge >= 0.3 is 10.1 Å². The predicted molar refractivity (Wildman–Crippen MR) is 140 cm³/mol. The van der Waals surface area contributed by atoms with E-state index in [2.05, 4.69) is 0 Å². The van der Waals surface area contributed by atoms with Gasteiger partial charge in [0.05, 0.1) is 23.1 Å². The number of rotatable bonds is 8. The quantitative estimate of drug-likeness (QED) is 0.220. The highest BCUT2D eigenvalue weighted by atomic mass is 35.5. The summed E-state index contributed by atoms with van der Waals surface area (Å²) in [5, 5.41) is -0.292. The number of nitrogens with zero attached hydrogens (tertiary/aromatic N) is 1. The fourth-order valence-electron chi connectivity index (χ4n) is 3.36. The van der Waals surface area contributed by atoms with E-state index in [4.69, 9.17) is 32.1 Å². The topological polar surface area (TPSA) is 90.0 Å². The Balaban J connectivity index is 1.62. The maximum absolute atomic E-state index is 14.0. The summed E-state index contributed by atoms with van der Waals surface area (Å²) in [5.74, 6) is -1.34. The van der Waals surface area contributed by atoms with Gasteiger partial charge in [-0.25, -0.2) is 4.39 Å². The lowest BCUT2D eigenvalue weighted by atomic mass is 10.1. The molecule has 0 spiro atoms. The number of amides is 2. The molecule has 0 atom stereocenters. The normalized spacial score (nSPS) is 14.9. The Morgan fingerprint density at radius 3 is 2.43 bits per heavy atom. The van der Waals surface area contributed by atoms with Gasteiger partial charge in [-0.1, -0.05) is 41.4 Å². The van der Waals surface area contributed by atoms with E-state index < -0.39 is 27.1 Å². The lowest BCUT2D eigenvalue weighted by Crippen LogP contribution is -2.27. The molecule has 1 saturated heterocycles. The number of carbonyl (C=O) groups excluding carboxylic acids is 2. The largest absolute Gasteiger partial charge is 0.490 e. The van der Waals surface area contributed by atoms with Gasteiger partial charge in [0.15, 0.2) is 5.75 Å². The van der Waals surface area contributed by atoms with Crippen molar-refractivity contribution < 1.29 is 31.3 Å². The molecule has 192 valence electrons. The summed E-state index contributed by atoms with van der Waals surface area (Å²) >= 11 is 12.9. The van der Waals surface area contributed by atoms with E-state index in [1.807, 2.05) is 0 Å². The van der Waals surface area contributed by atoms with Crippen molar-refractivity contribution in [3.05, 3.63) is 92.6 Å². The highest BCUT2D eigenvalue weighted by molar-refractivity contribution is 8.18. The summed E-state index contributed by atoms with van der Waals surface area (Å²) in [6, 6.07) is 14.1. The van der Waals surface area contributed by atoms with Crippen molar-refractivity contribution in [2.75, 3.05) is 6.61 Å². The second-order valence-corrected chi connectivity index (χ2v) is 11.0. The number of thioether (sulfide) groups is 1. The molecule has 0 unspecified atom stereocenters. The van der Waals surface area contributed by atoms with Crippen LogP contribution >= 0.6 is 35.0 Å². The van der Waals surface area contributed by atoms with Gasteiger partial charge in [-0.05, 0) is 72.8 Å². The highest BCUT2D eigenvalue weighted by Crippen LogP contribution is 2.40. The van der Waals surface area contributed by atoms with E-state index in [0.29, 0.717) is 22.3 Å². The number of hydrogen-bond acceptors (Lipinski definition) is 7. The molecule has 7 nitrogen and oxygen atoms in total. The first-order valence-electron chi connectivity index (χ1n) is 10.7. The number of imide groups is 1. The number of ether oxygens (including phenoxy) is 1. The second kappa shape index (κ2) is 11.1. The Labute approximate surface area is 226 Å². The maximum Gasteiger partial charge on any atom is 0.339 e. The molecule has 37 heavy (non-hydrogen) atoms. The van der Waals surface area contributed by atoms with Gasteiger partial charge in [0, 0.05) is 10.6 Å². The summed E-state index contributed by atoms with van der Waals surface area (Å²) in [7, 11) is -4.26. The third kappa shape index (κ3) is 6.10. The molecule has 1 heterocycles. The van der Waals surface area contributed by atoms with E-state index >= 15 is 0 Å². The molecule has 0 aliphatic carbocycles. The van der Waals surface area contributed by atoms with Crippen molar-refractivity contribution in [1.82, 2.24) is 4.90 Å². The van der Waals surface area contributed by atoms with E-state index in [1.165, 1.54) is 60.7 Å². The summed E-state index contributed by atoms with van der Waals surface area (Å²) in [5.41, 5.74) is 0.567. The van der Waals surface area contributed by atoms with Crippen LogP contribution < -0.4 is 8.92 Å². The summed E-state index contributed by atoms with van der Waals surface area (Å²) in [6.07, 6.45) is 1.41. The first-order chi connectivity index (χ1) is 17.6. The van der Waals surface area contributed by atoms with Crippen molar-refractivity contribution in [2.24, 2.45) is 0 Å². The molecule has 3 aromatic rings. The van der Waals surface area contributed by atoms with Gasteiger partial charge in [0.25, 0.3) is 11.1 Å². The second-order valence-electron chi connectivity index (χ2n) is 7.61. The van der Waals surface area contributed by atoms with Crippen LogP contribution in [0.2, 0.25) is 10.0 Å². The molecule has 0 aromatic heterocycles. The Hall–Kier alpha value is -3.05. The van der Waals surface area contributed by atoms with Gasteiger partial charge in [-0.2, -0.15) is 8.42 Å². The highest BCUT2D eigenvalue weighted by Gasteiger charge is 2.35. The van der Waals surface area contributed by atoms with Crippen LogP contribution in [0, 0.1) is 5.82 Å². The third-order valence-electron chi connectivity index (χ3n) is 5.08. The van der Waals surface area contributed by atoms with Crippen molar-refractivity contribution in [3.63, 3.8) is 0 Å². The van der Waals surface area contributed by atoms with Crippen LogP contribution in [-0.4, -0.2) is 31.1 Å². The zero-order chi connectivity index (χ0) is 26.7. The summed E-state index contributed by atoms with van der Waals surface area (Å²) in [6.45, 7) is 1.64. The molecule has 4 rings (SSSR count). The van der Waals surface area contributed by atoms with Crippen molar-refractivity contribution in [3.8, 4) is 11.5 Å². The molecule has 0 saturated carbocycles. The minimum atomic E-state index is -4.26. The molecule has 0 N–H and O–H groups in total. The van der Waals surface area contributed by atoms with E-state index in [-0.39, 0.29) is 45.0 Å². The fourth-order valence-corrected chi connectivity index (χ4v) is 5.58. The number of benzene rings is 3. The molecular weight excluding hydrogens is 564 g/mol. The Kier molecular flexibility index (Phi) is 8.13. The van der Waals surface area contributed by atoms with E-state index in [9.17, 15) is 22.4 Å². The van der Waals surface area contributed by atoms with Gasteiger partial charge in [0.1, 0.15) is 10.7 Å². The maximum atomic E-state index is 14.0. The first kappa shape index (κ1) is 27.0. The molecule has 1 fully saturated rings. The zero-order valence-corrected chi connectivity index (χ0v) is 22.3. The number of hydrogen-bond donors (Lipinski definition) is 0. The lowest BCUT2D eigenvalue weighted by Gasteiger charge is -2.14. The van der Waals surface area contributed by atoms with Crippen LogP contribution in [0.4, 0.5) is 9.18 Å². The number of carbonyl (C=O) groups is 2. The molecule has 1 aliphatic heterocycles. The molecule has 3 aromatic carbocycles. The molecule has 12 heteroatoms.